The number of nitrogens with one attached hydrogen (secondary N) is 1. The van der Waals surface area contributed by atoms with Crippen LogP contribution >= 0.6 is 0 Å². The van der Waals surface area contributed by atoms with Crippen molar-refractivity contribution in [1.82, 2.24) is 5.32 Å². The SMILES string of the molecule is CCCCC(NC)C1CC2CCC1O2. The molecule has 1 N–H and O–H groups in total. The maximum Gasteiger partial charge on any atom is 0.0623 e. The zero-order valence-corrected chi connectivity index (χ0v) is 9.46. The van der Waals surface area contributed by atoms with Gasteiger partial charge in [-0.05, 0) is 32.7 Å². The third-order valence-corrected chi connectivity index (χ3v) is 3.91. The lowest BCUT2D eigenvalue weighted by atomic mass is 9.82. The molecule has 2 aliphatic rings. The summed E-state index contributed by atoms with van der Waals surface area (Å²) in [5.41, 5.74) is 0. The lowest BCUT2D eigenvalue weighted by molar-refractivity contribution is 0.0854. The average Bonchev–Trinajstić information content (AvgIpc) is 2.80. The van der Waals surface area contributed by atoms with Crippen molar-refractivity contribution in [2.75, 3.05) is 7.05 Å². The Kier molecular flexibility index (Phi) is 3.45. The fraction of sp³-hybridized carbons (Fsp3) is 1.00. The van der Waals surface area contributed by atoms with Crippen molar-refractivity contribution < 1.29 is 4.74 Å². The summed E-state index contributed by atoms with van der Waals surface area (Å²) in [6.07, 6.45) is 9.07. The molecule has 2 nitrogen and oxygen atoms in total. The first-order valence-electron chi connectivity index (χ1n) is 6.18. The molecule has 2 fully saturated rings. The maximum atomic E-state index is 5.91. The monoisotopic (exact) mass is 197 g/mol. The molecule has 4 atom stereocenters. The van der Waals surface area contributed by atoms with Crippen LogP contribution in [0.5, 0.6) is 0 Å². The van der Waals surface area contributed by atoms with Gasteiger partial charge in [-0.15, -0.1) is 0 Å². The van der Waals surface area contributed by atoms with Crippen molar-refractivity contribution in [3.63, 3.8) is 0 Å². The second-order valence-electron chi connectivity index (χ2n) is 4.81. The van der Waals surface area contributed by atoms with Crippen LogP contribution in [0.15, 0.2) is 0 Å². The van der Waals surface area contributed by atoms with Gasteiger partial charge in [0.25, 0.3) is 0 Å². The highest BCUT2D eigenvalue weighted by Gasteiger charge is 2.43. The highest BCUT2D eigenvalue weighted by Crippen LogP contribution is 2.41. The van der Waals surface area contributed by atoms with Gasteiger partial charge in [0.1, 0.15) is 0 Å². The summed E-state index contributed by atoms with van der Waals surface area (Å²) in [4.78, 5) is 0. The molecule has 4 unspecified atom stereocenters. The van der Waals surface area contributed by atoms with E-state index >= 15 is 0 Å². The Morgan fingerprint density at radius 2 is 2.29 bits per heavy atom. The first-order chi connectivity index (χ1) is 6.85. The van der Waals surface area contributed by atoms with Gasteiger partial charge < -0.3 is 10.1 Å². The van der Waals surface area contributed by atoms with E-state index in [9.17, 15) is 0 Å². The number of hydrogen-bond acceptors (Lipinski definition) is 2. The van der Waals surface area contributed by atoms with Crippen molar-refractivity contribution >= 4 is 0 Å². The molecule has 0 aromatic rings. The van der Waals surface area contributed by atoms with Gasteiger partial charge in [0, 0.05) is 12.0 Å². The fourth-order valence-electron chi connectivity index (χ4n) is 3.10. The summed E-state index contributed by atoms with van der Waals surface area (Å²) in [7, 11) is 2.10. The molecule has 0 saturated carbocycles. The van der Waals surface area contributed by atoms with E-state index in [0.717, 1.165) is 5.92 Å². The highest BCUT2D eigenvalue weighted by molar-refractivity contribution is 4.94. The van der Waals surface area contributed by atoms with Crippen molar-refractivity contribution in [3.8, 4) is 0 Å². The maximum absolute atomic E-state index is 5.91. The minimum atomic E-state index is 0.578. The minimum Gasteiger partial charge on any atom is -0.375 e. The predicted octanol–water partition coefficient (Wildman–Crippen LogP) is 2.33. The Balaban J connectivity index is 1.85. The van der Waals surface area contributed by atoms with Crippen molar-refractivity contribution in [1.29, 1.82) is 0 Å². The normalized spacial score (nSPS) is 37.7. The molecule has 0 aromatic carbocycles. The van der Waals surface area contributed by atoms with Crippen LogP contribution in [0.4, 0.5) is 0 Å². The van der Waals surface area contributed by atoms with Crippen LogP contribution < -0.4 is 5.32 Å². The molecule has 2 heteroatoms. The molecule has 0 radical (unpaired) electrons. The second-order valence-corrected chi connectivity index (χ2v) is 4.81. The Morgan fingerprint density at radius 3 is 2.79 bits per heavy atom. The Bertz CT molecular complexity index is 183. The molecule has 82 valence electrons. The van der Waals surface area contributed by atoms with Gasteiger partial charge in [0.15, 0.2) is 0 Å². The summed E-state index contributed by atoms with van der Waals surface area (Å²) in [6.45, 7) is 2.27. The molecule has 14 heavy (non-hydrogen) atoms. The van der Waals surface area contributed by atoms with Crippen molar-refractivity contribution in [3.05, 3.63) is 0 Å². The van der Waals surface area contributed by atoms with E-state index in [0.29, 0.717) is 18.2 Å². The number of unbranched alkanes of at least 4 members (excludes halogenated alkanes) is 1. The molecule has 0 aliphatic carbocycles. The zero-order chi connectivity index (χ0) is 9.97. The summed E-state index contributed by atoms with van der Waals surface area (Å²) in [5.74, 6) is 0.797. The molecule has 2 bridgehead atoms. The molecule has 0 amide bonds. The molecule has 0 aromatic heterocycles. The fourth-order valence-corrected chi connectivity index (χ4v) is 3.10. The van der Waals surface area contributed by atoms with Crippen LogP contribution in [0.1, 0.15) is 45.4 Å². The first-order valence-corrected chi connectivity index (χ1v) is 6.18. The topological polar surface area (TPSA) is 21.3 Å². The van der Waals surface area contributed by atoms with E-state index in [-0.39, 0.29) is 0 Å². The van der Waals surface area contributed by atoms with Crippen LogP contribution in [0.25, 0.3) is 0 Å². The first kappa shape index (κ1) is 10.4. The van der Waals surface area contributed by atoms with Gasteiger partial charge in [-0.3, -0.25) is 0 Å². The minimum absolute atomic E-state index is 0.578. The standard InChI is InChI=1S/C12H23NO/c1-3-4-5-11(13-2)10-8-9-6-7-12(10)14-9/h9-13H,3-8H2,1-2H3. The molecular weight excluding hydrogens is 174 g/mol. The third kappa shape index (κ3) is 1.96. The number of fused-ring (bicyclic) bond motifs is 2. The van der Waals surface area contributed by atoms with Gasteiger partial charge in [0.2, 0.25) is 0 Å². The number of hydrogen-bond donors (Lipinski definition) is 1. The zero-order valence-electron chi connectivity index (χ0n) is 9.46. The Labute approximate surface area is 87.4 Å². The van der Waals surface area contributed by atoms with Crippen molar-refractivity contribution in [2.24, 2.45) is 5.92 Å². The molecule has 2 aliphatic heterocycles. The lowest BCUT2D eigenvalue weighted by Gasteiger charge is -2.28. The molecule has 2 heterocycles. The third-order valence-electron chi connectivity index (χ3n) is 3.91. The smallest absolute Gasteiger partial charge is 0.0623 e. The van der Waals surface area contributed by atoms with Crippen LogP contribution in [-0.2, 0) is 4.74 Å². The van der Waals surface area contributed by atoms with Crippen LogP contribution in [0.3, 0.4) is 0 Å². The largest absolute Gasteiger partial charge is 0.375 e. The molecule has 0 spiro atoms. The summed E-state index contributed by atoms with van der Waals surface area (Å²) >= 11 is 0. The van der Waals surface area contributed by atoms with Gasteiger partial charge in [-0.25, -0.2) is 0 Å². The quantitative estimate of drug-likeness (QED) is 0.730. The van der Waals surface area contributed by atoms with Crippen molar-refractivity contribution in [2.45, 2.75) is 63.7 Å². The molecular formula is C12H23NO. The lowest BCUT2D eigenvalue weighted by Crippen LogP contribution is -2.38. The van der Waals surface area contributed by atoms with E-state index in [2.05, 4.69) is 19.3 Å². The van der Waals surface area contributed by atoms with Gasteiger partial charge in [0.05, 0.1) is 12.2 Å². The summed E-state index contributed by atoms with van der Waals surface area (Å²) in [5, 5.41) is 3.48. The van der Waals surface area contributed by atoms with Crippen LogP contribution in [0, 0.1) is 5.92 Å². The average molecular weight is 197 g/mol. The van der Waals surface area contributed by atoms with E-state index in [1.807, 2.05) is 0 Å². The molecule has 2 rings (SSSR count). The van der Waals surface area contributed by atoms with E-state index in [1.54, 1.807) is 0 Å². The van der Waals surface area contributed by atoms with Gasteiger partial charge in [-0.2, -0.15) is 0 Å². The van der Waals surface area contributed by atoms with Crippen LogP contribution in [0.2, 0.25) is 0 Å². The highest BCUT2D eigenvalue weighted by atomic mass is 16.5. The van der Waals surface area contributed by atoms with E-state index in [4.69, 9.17) is 4.74 Å². The number of rotatable bonds is 5. The number of ether oxygens (including phenoxy) is 1. The van der Waals surface area contributed by atoms with Crippen LogP contribution in [-0.4, -0.2) is 25.3 Å². The molecule has 2 saturated heterocycles. The van der Waals surface area contributed by atoms with Gasteiger partial charge in [-0.1, -0.05) is 19.8 Å². The second kappa shape index (κ2) is 4.63. The Hall–Kier alpha value is -0.0800. The van der Waals surface area contributed by atoms with Gasteiger partial charge >= 0.3 is 0 Å². The van der Waals surface area contributed by atoms with E-state index in [1.165, 1.54) is 38.5 Å². The Morgan fingerprint density at radius 1 is 1.43 bits per heavy atom. The summed E-state index contributed by atoms with van der Waals surface area (Å²) < 4.78 is 5.91. The summed E-state index contributed by atoms with van der Waals surface area (Å²) in [6, 6.07) is 0.699. The van der Waals surface area contributed by atoms with E-state index < -0.39 is 0 Å². The predicted molar refractivity (Wildman–Crippen MR) is 58.4 cm³/mol.